The third kappa shape index (κ3) is 6.21. The maximum atomic E-state index is 13.6. The van der Waals surface area contributed by atoms with E-state index in [9.17, 15) is 9.90 Å². The number of fused-ring (bicyclic) bond motifs is 4. The topological polar surface area (TPSA) is 92.7 Å². The second-order valence-corrected chi connectivity index (χ2v) is 13.1. The van der Waals surface area contributed by atoms with Gasteiger partial charge in [0.05, 0.1) is 43.0 Å². The molecule has 8 heteroatoms. The smallest absolute Gasteiger partial charge is 0.311 e. The van der Waals surface area contributed by atoms with Gasteiger partial charge in [0.2, 0.25) is 0 Å². The van der Waals surface area contributed by atoms with E-state index in [1.165, 1.54) is 0 Å². The zero-order chi connectivity index (χ0) is 29.6. The summed E-state index contributed by atoms with van der Waals surface area (Å²) in [5.74, 6) is -1.42. The fraction of sp³-hybridized carbons (Fsp3) is 0.781. The molecule has 226 valence electrons. The molecule has 12 atom stereocenters. The molecule has 4 bridgehead atoms. The lowest BCUT2D eigenvalue weighted by atomic mass is 9.73. The molecule has 8 nitrogen and oxygen atoms in total. The van der Waals surface area contributed by atoms with Gasteiger partial charge in [0, 0.05) is 23.3 Å². The fourth-order valence-electron chi connectivity index (χ4n) is 7.27. The lowest BCUT2D eigenvalue weighted by molar-refractivity contribution is -0.353. The number of hydrogen-bond acceptors (Lipinski definition) is 8. The van der Waals surface area contributed by atoms with Gasteiger partial charge in [0.15, 0.2) is 12.1 Å². The second-order valence-electron chi connectivity index (χ2n) is 13.1. The van der Waals surface area contributed by atoms with Gasteiger partial charge in [0.25, 0.3) is 0 Å². The molecule has 3 aliphatic rings. The average molecular weight is 563 g/mol. The van der Waals surface area contributed by atoms with Crippen LogP contribution >= 0.6 is 0 Å². The van der Waals surface area contributed by atoms with Gasteiger partial charge in [-0.3, -0.25) is 4.79 Å². The first-order valence-corrected chi connectivity index (χ1v) is 14.9. The highest BCUT2D eigenvalue weighted by molar-refractivity contribution is 5.73. The molecule has 0 aliphatic carbocycles. The molecule has 0 saturated carbocycles. The number of rotatable bonds is 3. The number of hydrogen-bond donors (Lipinski definition) is 1. The Labute approximate surface area is 240 Å². The first-order valence-electron chi connectivity index (χ1n) is 14.9. The number of ether oxygens (including phenoxy) is 6. The van der Waals surface area contributed by atoms with Gasteiger partial charge in [-0.25, -0.2) is 0 Å². The Balaban J connectivity index is 1.76. The minimum atomic E-state index is -1.20. The van der Waals surface area contributed by atoms with Crippen LogP contribution in [0.1, 0.15) is 87.0 Å². The van der Waals surface area contributed by atoms with E-state index in [2.05, 4.69) is 20.8 Å². The molecule has 0 spiro atoms. The second kappa shape index (κ2) is 11.9. The monoisotopic (exact) mass is 562 g/mol. The summed E-state index contributed by atoms with van der Waals surface area (Å²) in [7, 11) is 1.64. The van der Waals surface area contributed by atoms with Crippen LogP contribution in [0.3, 0.4) is 0 Å². The highest BCUT2D eigenvalue weighted by Gasteiger charge is 2.53. The Morgan fingerprint density at radius 3 is 2.12 bits per heavy atom. The first kappa shape index (κ1) is 31.2. The summed E-state index contributed by atoms with van der Waals surface area (Å²) in [6.07, 6.45) is -1.30. The summed E-state index contributed by atoms with van der Waals surface area (Å²) in [4.78, 5) is 13.6. The van der Waals surface area contributed by atoms with Crippen molar-refractivity contribution in [3.63, 3.8) is 0 Å². The lowest BCUT2D eigenvalue weighted by Gasteiger charge is -2.52. The molecule has 3 heterocycles. The van der Waals surface area contributed by atoms with Crippen molar-refractivity contribution in [3.05, 3.63) is 29.8 Å². The van der Waals surface area contributed by atoms with Gasteiger partial charge in [-0.15, -0.1) is 0 Å². The largest absolute Gasteiger partial charge is 0.497 e. The van der Waals surface area contributed by atoms with Crippen LogP contribution in [0, 0.1) is 29.6 Å². The summed E-state index contributed by atoms with van der Waals surface area (Å²) in [5.41, 5.74) is -0.310. The SMILES string of the molecule is CC[C@H]1OC(=O)[C@H](C)[C@H]2OC(C)(C)O[C@H]([C@H]2C)[C@](C)(O)C[C@@H](C)[C@@H]2O[C@@H](c3ccc(OC)cc3)O[C@H]([C@H]2C)[C@H]1C. The van der Waals surface area contributed by atoms with E-state index in [0.29, 0.717) is 12.8 Å². The van der Waals surface area contributed by atoms with Crippen LogP contribution in [-0.2, 0) is 28.5 Å². The van der Waals surface area contributed by atoms with Crippen molar-refractivity contribution in [2.24, 2.45) is 29.6 Å². The van der Waals surface area contributed by atoms with E-state index in [4.69, 9.17) is 28.4 Å². The van der Waals surface area contributed by atoms with E-state index >= 15 is 0 Å². The first-order chi connectivity index (χ1) is 18.7. The molecule has 3 aliphatic heterocycles. The zero-order valence-electron chi connectivity index (χ0n) is 25.9. The van der Waals surface area contributed by atoms with Crippen LogP contribution in [-0.4, -0.2) is 60.1 Å². The summed E-state index contributed by atoms with van der Waals surface area (Å²) in [6.45, 7) is 17.7. The van der Waals surface area contributed by atoms with Crippen LogP contribution in [0.25, 0.3) is 0 Å². The average Bonchev–Trinajstić information content (AvgIpc) is 2.91. The molecule has 4 rings (SSSR count). The Morgan fingerprint density at radius 1 is 0.900 bits per heavy atom. The third-order valence-electron chi connectivity index (χ3n) is 9.36. The van der Waals surface area contributed by atoms with Crippen molar-refractivity contribution >= 4 is 5.97 Å². The Morgan fingerprint density at radius 2 is 1.52 bits per heavy atom. The van der Waals surface area contributed by atoms with Crippen molar-refractivity contribution in [3.8, 4) is 5.75 Å². The number of methoxy groups -OCH3 is 1. The molecular weight excluding hydrogens is 512 g/mol. The van der Waals surface area contributed by atoms with Gasteiger partial charge in [-0.1, -0.05) is 46.8 Å². The van der Waals surface area contributed by atoms with Gasteiger partial charge in [-0.2, -0.15) is 0 Å². The molecule has 3 saturated heterocycles. The molecule has 0 amide bonds. The number of benzene rings is 1. The Bertz CT molecular complexity index is 1010. The van der Waals surface area contributed by atoms with E-state index < -0.39 is 35.8 Å². The highest BCUT2D eigenvalue weighted by atomic mass is 16.7. The fourth-order valence-corrected chi connectivity index (χ4v) is 7.27. The van der Waals surface area contributed by atoms with Crippen LogP contribution in [0.15, 0.2) is 24.3 Å². The standard InChI is InChI=1S/C32H50O8/c1-11-24-18(3)26-19(4)25(37-30(38-26)22-12-14-23(35-10)15-13-22)17(2)16-32(9,34)28-20(5)27(21(6)29(33)36-24)39-31(7,8)40-28/h12-15,17-21,24-28,30,34H,11,16H2,1-10H3/t17-,18+,19+,20+,21-,24-,25+,26+,27+,28-,30-,32-/m1/s1. The summed E-state index contributed by atoms with van der Waals surface area (Å²) >= 11 is 0. The van der Waals surface area contributed by atoms with Crippen LogP contribution in [0.5, 0.6) is 5.75 Å². The van der Waals surface area contributed by atoms with Crippen molar-refractivity contribution < 1.29 is 38.3 Å². The maximum Gasteiger partial charge on any atom is 0.311 e. The van der Waals surface area contributed by atoms with Crippen molar-refractivity contribution in [1.82, 2.24) is 0 Å². The van der Waals surface area contributed by atoms with Crippen LogP contribution in [0.4, 0.5) is 0 Å². The molecule has 3 fully saturated rings. The number of carbonyl (C=O) groups excluding carboxylic acids is 1. The normalized spacial score (nSPS) is 44.3. The summed E-state index contributed by atoms with van der Waals surface area (Å²) < 4.78 is 37.5. The van der Waals surface area contributed by atoms with Gasteiger partial charge in [-0.05, 0) is 58.6 Å². The third-order valence-corrected chi connectivity index (χ3v) is 9.36. The van der Waals surface area contributed by atoms with E-state index in [1.54, 1.807) is 7.11 Å². The summed E-state index contributed by atoms with van der Waals surface area (Å²) in [6, 6.07) is 7.70. The van der Waals surface area contributed by atoms with Crippen molar-refractivity contribution in [2.45, 2.75) is 123 Å². The summed E-state index contributed by atoms with van der Waals surface area (Å²) in [5, 5.41) is 12.0. The lowest BCUT2D eigenvalue weighted by Crippen LogP contribution is -2.61. The number of aliphatic hydroxyl groups is 1. The highest BCUT2D eigenvalue weighted by Crippen LogP contribution is 2.46. The molecule has 1 aromatic carbocycles. The van der Waals surface area contributed by atoms with E-state index in [1.807, 2.05) is 65.8 Å². The molecule has 1 N–H and O–H groups in total. The molecule has 0 aromatic heterocycles. The maximum absolute atomic E-state index is 13.6. The van der Waals surface area contributed by atoms with Gasteiger partial charge in [0.1, 0.15) is 11.9 Å². The molecule has 0 radical (unpaired) electrons. The van der Waals surface area contributed by atoms with E-state index in [0.717, 1.165) is 11.3 Å². The molecule has 40 heavy (non-hydrogen) atoms. The Hall–Kier alpha value is -1.71. The van der Waals surface area contributed by atoms with Crippen molar-refractivity contribution in [2.75, 3.05) is 7.11 Å². The molecule has 1 aromatic rings. The zero-order valence-corrected chi connectivity index (χ0v) is 25.9. The minimum absolute atomic E-state index is 0.0133. The number of carbonyl (C=O) groups is 1. The molecular formula is C32H50O8. The Kier molecular flexibility index (Phi) is 9.28. The number of cyclic esters (lactones) is 1. The quantitative estimate of drug-likeness (QED) is 0.472. The molecule has 0 unspecified atom stereocenters. The van der Waals surface area contributed by atoms with E-state index in [-0.39, 0.29) is 48.0 Å². The van der Waals surface area contributed by atoms with Crippen molar-refractivity contribution in [1.29, 1.82) is 0 Å². The van der Waals surface area contributed by atoms with Gasteiger partial charge >= 0.3 is 5.97 Å². The van der Waals surface area contributed by atoms with Crippen LogP contribution in [0.2, 0.25) is 0 Å². The van der Waals surface area contributed by atoms with Gasteiger partial charge < -0.3 is 33.5 Å². The minimum Gasteiger partial charge on any atom is -0.497 e. The predicted octanol–water partition coefficient (Wildman–Crippen LogP) is 5.65. The van der Waals surface area contributed by atoms with Crippen LogP contribution < -0.4 is 4.74 Å². The number of esters is 1. The predicted molar refractivity (Wildman–Crippen MR) is 151 cm³/mol.